The number of benzene rings is 1. The predicted molar refractivity (Wildman–Crippen MR) is 91.2 cm³/mol. The molecule has 1 saturated heterocycles. The Morgan fingerprint density at radius 3 is 2.75 bits per heavy atom. The SMILES string of the molecule is COC1(CNC(=O)C(=O)Nc2cc([N+](=O)[O-])ccc2C)CCSC1. The van der Waals surface area contributed by atoms with Crippen LogP contribution in [0.3, 0.4) is 0 Å². The number of hydrogen-bond acceptors (Lipinski definition) is 6. The molecule has 1 heterocycles. The van der Waals surface area contributed by atoms with Crippen LogP contribution >= 0.6 is 11.8 Å². The van der Waals surface area contributed by atoms with Crippen LogP contribution in [0.25, 0.3) is 0 Å². The molecular weight excluding hydrogens is 334 g/mol. The average molecular weight is 353 g/mol. The largest absolute Gasteiger partial charge is 0.376 e. The van der Waals surface area contributed by atoms with Gasteiger partial charge in [-0.3, -0.25) is 19.7 Å². The number of nitro groups is 1. The third kappa shape index (κ3) is 4.24. The lowest BCUT2D eigenvalue weighted by molar-refractivity contribution is -0.384. The van der Waals surface area contributed by atoms with E-state index in [0.717, 1.165) is 17.9 Å². The zero-order valence-electron chi connectivity index (χ0n) is 13.5. The van der Waals surface area contributed by atoms with Crippen molar-refractivity contribution < 1.29 is 19.2 Å². The number of hydrogen-bond donors (Lipinski definition) is 2. The Kier molecular flexibility index (Phi) is 5.79. The van der Waals surface area contributed by atoms with Crippen LogP contribution in [0.15, 0.2) is 18.2 Å². The molecule has 1 unspecified atom stereocenters. The number of amides is 2. The Morgan fingerprint density at radius 2 is 2.17 bits per heavy atom. The van der Waals surface area contributed by atoms with Gasteiger partial charge in [-0.25, -0.2) is 0 Å². The lowest BCUT2D eigenvalue weighted by Crippen LogP contribution is -2.47. The zero-order valence-corrected chi connectivity index (χ0v) is 14.3. The zero-order chi connectivity index (χ0) is 17.7. The van der Waals surface area contributed by atoms with Gasteiger partial charge in [0.05, 0.1) is 16.2 Å². The van der Waals surface area contributed by atoms with Crippen LogP contribution in [0.1, 0.15) is 12.0 Å². The summed E-state index contributed by atoms with van der Waals surface area (Å²) in [5.74, 6) is 0.0442. The van der Waals surface area contributed by atoms with Crippen LogP contribution in [0.5, 0.6) is 0 Å². The molecule has 1 aliphatic rings. The molecule has 2 rings (SSSR count). The molecule has 9 heteroatoms. The molecule has 1 aromatic rings. The van der Waals surface area contributed by atoms with E-state index in [1.165, 1.54) is 18.2 Å². The third-order valence-electron chi connectivity index (χ3n) is 3.96. The van der Waals surface area contributed by atoms with Crippen molar-refractivity contribution in [2.45, 2.75) is 18.9 Å². The number of aryl methyl sites for hydroxylation is 1. The number of ether oxygens (including phenoxy) is 1. The first-order chi connectivity index (χ1) is 11.4. The van der Waals surface area contributed by atoms with Gasteiger partial charge in [0.2, 0.25) is 0 Å². The summed E-state index contributed by atoms with van der Waals surface area (Å²) in [5, 5.41) is 15.8. The number of non-ortho nitro benzene ring substituents is 1. The van der Waals surface area contributed by atoms with Gasteiger partial charge in [0, 0.05) is 31.5 Å². The summed E-state index contributed by atoms with van der Waals surface area (Å²) in [7, 11) is 1.59. The molecule has 0 spiro atoms. The number of nitrogens with zero attached hydrogens (tertiary/aromatic N) is 1. The number of methoxy groups -OCH3 is 1. The Hall–Kier alpha value is -2.13. The number of nitrogens with one attached hydrogen (secondary N) is 2. The lowest BCUT2D eigenvalue weighted by atomic mass is 10.0. The maximum absolute atomic E-state index is 12.0. The highest BCUT2D eigenvalue weighted by Gasteiger charge is 2.35. The fourth-order valence-corrected chi connectivity index (χ4v) is 3.72. The maximum Gasteiger partial charge on any atom is 0.313 e. The van der Waals surface area contributed by atoms with Crippen LogP contribution < -0.4 is 10.6 Å². The Labute approximate surface area is 143 Å². The van der Waals surface area contributed by atoms with Gasteiger partial charge in [0.25, 0.3) is 5.69 Å². The summed E-state index contributed by atoms with van der Waals surface area (Å²) < 4.78 is 5.47. The first-order valence-corrected chi connectivity index (χ1v) is 8.49. The van der Waals surface area contributed by atoms with Crippen molar-refractivity contribution in [2.75, 3.05) is 30.5 Å². The molecule has 0 bridgehead atoms. The van der Waals surface area contributed by atoms with E-state index >= 15 is 0 Å². The van der Waals surface area contributed by atoms with E-state index in [1.807, 2.05) is 0 Å². The number of thioether (sulfide) groups is 1. The van der Waals surface area contributed by atoms with Crippen LogP contribution in [-0.2, 0) is 14.3 Å². The number of nitro benzene ring substituents is 1. The van der Waals surface area contributed by atoms with Crippen LogP contribution in [-0.4, -0.2) is 47.5 Å². The molecule has 2 amide bonds. The van der Waals surface area contributed by atoms with E-state index in [4.69, 9.17) is 4.74 Å². The lowest BCUT2D eigenvalue weighted by Gasteiger charge is -2.26. The maximum atomic E-state index is 12.0. The van der Waals surface area contributed by atoms with Gasteiger partial charge >= 0.3 is 11.8 Å². The quantitative estimate of drug-likeness (QED) is 0.471. The molecule has 0 saturated carbocycles. The van der Waals surface area contributed by atoms with E-state index in [0.29, 0.717) is 5.56 Å². The Morgan fingerprint density at radius 1 is 1.42 bits per heavy atom. The van der Waals surface area contributed by atoms with E-state index in [2.05, 4.69) is 10.6 Å². The van der Waals surface area contributed by atoms with Gasteiger partial charge in [-0.15, -0.1) is 0 Å². The highest BCUT2D eigenvalue weighted by atomic mass is 32.2. The summed E-state index contributed by atoms with van der Waals surface area (Å²) in [5.41, 5.74) is 0.268. The highest BCUT2D eigenvalue weighted by Crippen LogP contribution is 2.30. The van der Waals surface area contributed by atoms with Gasteiger partial charge < -0.3 is 15.4 Å². The Bertz CT molecular complexity index is 659. The summed E-state index contributed by atoms with van der Waals surface area (Å²) >= 11 is 1.73. The van der Waals surface area contributed by atoms with Crippen LogP contribution in [0.2, 0.25) is 0 Å². The van der Waals surface area contributed by atoms with Crippen LogP contribution in [0.4, 0.5) is 11.4 Å². The van der Waals surface area contributed by atoms with Crippen molar-refractivity contribution >= 4 is 35.0 Å². The fraction of sp³-hybridized carbons (Fsp3) is 0.467. The normalized spacial score (nSPS) is 19.8. The minimum Gasteiger partial charge on any atom is -0.376 e. The standard InChI is InChI=1S/C15H19N3O5S/c1-10-3-4-11(18(21)22)7-12(10)17-14(20)13(19)16-8-15(23-2)5-6-24-9-15/h3-4,7H,5-6,8-9H2,1-2H3,(H,16,19)(H,17,20). The molecule has 24 heavy (non-hydrogen) atoms. The number of anilines is 1. The minimum absolute atomic E-state index is 0.155. The predicted octanol–water partition coefficient (Wildman–Crippen LogP) is 1.48. The monoisotopic (exact) mass is 353 g/mol. The average Bonchev–Trinajstić information content (AvgIpc) is 3.03. The summed E-state index contributed by atoms with van der Waals surface area (Å²) in [6.45, 7) is 1.93. The second kappa shape index (κ2) is 7.63. The fourth-order valence-electron chi connectivity index (χ4n) is 2.32. The summed E-state index contributed by atoms with van der Waals surface area (Å²) in [4.78, 5) is 34.2. The third-order valence-corrected chi connectivity index (χ3v) is 5.18. The van der Waals surface area contributed by atoms with Gasteiger partial charge in [0.1, 0.15) is 0 Å². The van der Waals surface area contributed by atoms with Gasteiger partial charge in [0.15, 0.2) is 0 Å². The van der Waals surface area contributed by atoms with Gasteiger partial charge in [-0.1, -0.05) is 6.07 Å². The summed E-state index contributed by atoms with van der Waals surface area (Å²) in [6, 6.07) is 4.08. The molecule has 1 fully saturated rings. The molecular formula is C15H19N3O5S. The molecule has 8 nitrogen and oxygen atoms in total. The number of rotatable bonds is 5. The number of carbonyl (C=O) groups excluding carboxylic acids is 2. The highest BCUT2D eigenvalue weighted by molar-refractivity contribution is 7.99. The van der Waals surface area contributed by atoms with Crippen molar-refractivity contribution in [1.82, 2.24) is 5.32 Å². The van der Waals surface area contributed by atoms with E-state index in [9.17, 15) is 19.7 Å². The molecule has 0 radical (unpaired) electrons. The minimum atomic E-state index is -0.865. The van der Waals surface area contributed by atoms with E-state index < -0.39 is 22.3 Å². The van der Waals surface area contributed by atoms with Crippen molar-refractivity contribution in [1.29, 1.82) is 0 Å². The second-order valence-electron chi connectivity index (χ2n) is 5.58. The van der Waals surface area contributed by atoms with Crippen molar-refractivity contribution in [3.8, 4) is 0 Å². The molecule has 1 aromatic carbocycles. The topological polar surface area (TPSA) is 111 Å². The smallest absolute Gasteiger partial charge is 0.313 e. The van der Waals surface area contributed by atoms with E-state index in [-0.39, 0.29) is 17.9 Å². The van der Waals surface area contributed by atoms with Crippen molar-refractivity contribution in [2.24, 2.45) is 0 Å². The number of carbonyl (C=O) groups is 2. The molecule has 0 aromatic heterocycles. The Balaban J connectivity index is 1.98. The van der Waals surface area contributed by atoms with Crippen LogP contribution in [0, 0.1) is 17.0 Å². The second-order valence-corrected chi connectivity index (χ2v) is 6.69. The molecule has 2 N–H and O–H groups in total. The molecule has 130 valence electrons. The summed E-state index contributed by atoms with van der Waals surface area (Å²) in [6.07, 6.45) is 0.806. The first-order valence-electron chi connectivity index (χ1n) is 7.34. The van der Waals surface area contributed by atoms with Gasteiger partial charge in [-0.05, 0) is 24.7 Å². The first kappa shape index (κ1) is 18.2. The van der Waals surface area contributed by atoms with Gasteiger partial charge in [-0.2, -0.15) is 11.8 Å². The van der Waals surface area contributed by atoms with Crippen molar-refractivity contribution in [3.05, 3.63) is 33.9 Å². The molecule has 1 aliphatic heterocycles. The van der Waals surface area contributed by atoms with E-state index in [1.54, 1.807) is 25.8 Å². The van der Waals surface area contributed by atoms with Crippen molar-refractivity contribution in [3.63, 3.8) is 0 Å². The molecule has 0 aliphatic carbocycles. The molecule has 1 atom stereocenters.